The molecule has 7 nitrogen and oxygen atoms in total. The molecular weight excluding hydrogens is 282 g/mol. The summed E-state index contributed by atoms with van der Waals surface area (Å²) in [7, 11) is 0. The summed E-state index contributed by atoms with van der Waals surface area (Å²) in [5.74, 6) is -0.515. The molecule has 0 aromatic carbocycles. The minimum atomic E-state index is -1.41. The summed E-state index contributed by atoms with van der Waals surface area (Å²) in [6.45, 7) is 5.16. The lowest BCUT2D eigenvalue weighted by atomic mass is 9.74. The van der Waals surface area contributed by atoms with Crippen LogP contribution in [0.5, 0.6) is 0 Å². The van der Waals surface area contributed by atoms with E-state index in [-0.39, 0.29) is 12.2 Å². The molecule has 0 bridgehead atoms. The highest BCUT2D eigenvalue weighted by atomic mass is 16.3. The molecule has 0 aliphatic carbocycles. The Labute approximate surface area is 128 Å². The van der Waals surface area contributed by atoms with Crippen LogP contribution in [0.25, 0.3) is 0 Å². The molecule has 0 fully saturated rings. The zero-order valence-corrected chi connectivity index (χ0v) is 12.8. The Hall–Kier alpha value is -2.30. The van der Waals surface area contributed by atoms with Gasteiger partial charge in [-0.15, -0.1) is 0 Å². The fourth-order valence-electron chi connectivity index (χ4n) is 2.34. The SMILES string of the molecule is CC(C(C)(C)O)C(O)(Cn1cncn1)c1ccc(C#N)nc1. The Morgan fingerprint density at radius 1 is 1.36 bits per heavy atom. The molecule has 0 aliphatic rings. The second kappa shape index (κ2) is 5.83. The van der Waals surface area contributed by atoms with Crippen molar-refractivity contribution in [3.63, 3.8) is 0 Å². The van der Waals surface area contributed by atoms with Gasteiger partial charge in [0.25, 0.3) is 0 Å². The van der Waals surface area contributed by atoms with Gasteiger partial charge in [0.2, 0.25) is 0 Å². The molecule has 0 radical (unpaired) electrons. The van der Waals surface area contributed by atoms with Crippen molar-refractivity contribution in [2.24, 2.45) is 5.92 Å². The fraction of sp³-hybridized carbons (Fsp3) is 0.467. The molecule has 116 valence electrons. The number of aromatic nitrogens is 4. The lowest BCUT2D eigenvalue weighted by Gasteiger charge is -2.40. The van der Waals surface area contributed by atoms with Crippen molar-refractivity contribution in [1.29, 1.82) is 5.26 Å². The van der Waals surface area contributed by atoms with Gasteiger partial charge < -0.3 is 10.2 Å². The summed E-state index contributed by atoms with van der Waals surface area (Å²) in [6.07, 6.45) is 4.34. The minimum Gasteiger partial charge on any atom is -0.390 e. The highest BCUT2D eigenvalue weighted by Crippen LogP contribution is 2.37. The van der Waals surface area contributed by atoms with Gasteiger partial charge in [0, 0.05) is 17.7 Å². The number of rotatable bonds is 5. The molecule has 2 aromatic rings. The lowest BCUT2D eigenvalue weighted by Crippen LogP contribution is -2.48. The van der Waals surface area contributed by atoms with Gasteiger partial charge in [-0.05, 0) is 19.9 Å². The highest BCUT2D eigenvalue weighted by Gasteiger charge is 2.44. The molecule has 2 unspecified atom stereocenters. The van der Waals surface area contributed by atoms with E-state index in [1.807, 2.05) is 6.07 Å². The van der Waals surface area contributed by atoms with E-state index in [0.29, 0.717) is 5.56 Å². The van der Waals surface area contributed by atoms with Gasteiger partial charge in [0.1, 0.15) is 30.0 Å². The van der Waals surface area contributed by atoms with Gasteiger partial charge in [0.05, 0.1) is 12.1 Å². The summed E-state index contributed by atoms with van der Waals surface area (Å²) >= 11 is 0. The molecule has 0 spiro atoms. The topological polar surface area (TPSA) is 108 Å². The van der Waals surface area contributed by atoms with Crippen molar-refractivity contribution in [2.45, 2.75) is 38.5 Å². The van der Waals surface area contributed by atoms with Crippen LogP contribution >= 0.6 is 0 Å². The number of pyridine rings is 1. The summed E-state index contributed by atoms with van der Waals surface area (Å²) in [6, 6.07) is 5.12. The van der Waals surface area contributed by atoms with Gasteiger partial charge in [-0.1, -0.05) is 13.0 Å². The van der Waals surface area contributed by atoms with E-state index in [9.17, 15) is 10.2 Å². The van der Waals surface area contributed by atoms with Crippen LogP contribution in [0.3, 0.4) is 0 Å². The van der Waals surface area contributed by atoms with E-state index >= 15 is 0 Å². The zero-order chi connectivity index (χ0) is 16.4. The van der Waals surface area contributed by atoms with E-state index in [4.69, 9.17) is 5.26 Å². The van der Waals surface area contributed by atoms with Gasteiger partial charge in [-0.2, -0.15) is 10.4 Å². The molecular formula is C15H19N5O2. The van der Waals surface area contributed by atoms with E-state index in [2.05, 4.69) is 15.1 Å². The number of hydrogen-bond acceptors (Lipinski definition) is 6. The normalized spacial score (nSPS) is 15.8. The van der Waals surface area contributed by atoms with E-state index in [0.717, 1.165) is 0 Å². The van der Waals surface area contributed by atoms with Gasteiger partial charge >= 0.3 is 0 Å². The highest BCUT2D eigenvalue weighted by molar-refractivity contribution is 5.27. The van der Waals surface area contributed by atoms with Gasteiger partial charge in [-0.3, -0.25) is 0 Å². The first kappa shape index (κ1) is 16.1. The number of aliphatic hydroxyl groups is 2. The summed E-state index contributed by atoms with van der Waals surface area (Å²) in [5.41, 5.74) is -1.75. The second-order valence-electron chi connectivity index (χ2n) is 5.94. The maximum absolute atomic E-state index is 11.3. The number of nitriles is 1. The van der Waals surface area contributed by atoms with Crippen LogP contribution in [0.2, 0.25) is 0 Å². The lowest BCUT2D eigenvalue weighted by molar-refractivity contribution is -0.117. The first-order valence-electron chi connectivity index (χ1n) is 6.91. The van der Waals surface area contributed by atoms with Crippen LogP contribution in [-0.2, 0) is 12.1 Å². The molecule has 0 aliphatic heterocycles. The van der Waals surface area contributed by atoms with Crippen molar-refractivity contribution in [3.8, 4) is 6.07 Å². The molecule has 7 heteroatoms. The van der Waals surface area contributed by atoms with E-state index in [1.165, 1.54) is 23.5 Å². The Balaban J connectivity index is 2.46. The Morgan fingerprint density at radius 3 is 2.55 bits per heavy atom. The van der Waals surface area contributed by atoms with Crippen molar-refractivity contribution >= 4 is 0 Å². The van der Waals surface area contributed by atoms with Gasteiger partial charge in [0.15, 0.2) is 0 Å². The van der Waals surface area contributed by atoms with Crippen LogP contribution in [0.4, 0.5) is 0 Å². The summed E-state index contributed by atoms with van der Waals surface area (Å²) < 4.78 is 1.50. The smallest absolute Gasteiger partial charge is 0.140 e. The van der Waals surface area contributed by atoms with Crippen molar-refractivity contribution in [2.75, 3.05) is 0 Å². The first-order chi connectivity index (χ1) is 10.3. The third-order valence-corrected chi connectivity index (χ3v) is 4.02. The van der Waals surface area contributed by atoms with Crippen LogP contribution < -0.4 is 0 Å². The van der Waals surface area contributed by atoms with Crippen molar-refractivity contribution in [3.05, 3.63) is 42.2 Å². The Bertz CT molecular complexity index is 655. The van der Waals surface area contributed by atoms with Crippen LogP contribution in [0.15, 0.2) is 31.0 Å². The average molecular weight is 301 g/mol. The maximum Gasteiger partial charge on any atom is 0.140 e. The molecule has 0 amide bonds. The van der Waals surface area contributed by atoms with Crippen molar-refractivity contribution < 1.29 is 10.2 Å². The molecule has 0 saturated heterocycles. The largest absolute Gasteiger partial charge is 0.390 e. The molecule has 2 heterocycles. The predicted molar refractivity (Wildman–Crippen MR) is 78.3 cm³/mol. The van der Waals surface area contributed by atoms with E-state index < -0.39 is 17.1 Å². The standard InChI is InChI=1S/C15H19N5O2/c1-11(14(2,3)21)15(22,8-20-10-17-9-19-20)12-4-5-13(6-16)18-7-12/h4-5,7,9-11,21-22H,8H2,1-3H3. The first-order valence-corrected chi connectivity index (χ1v) is 6.91. The number of hydrogen-bond donors (Lipinski definition) is 2. The van der Waals surface area contributed by atoms with Gasteiger partial charge in [-0.25, -0.2) is 14.6 Å². The molecule has 2 rings (SSSR count). The third kappa shape index (κ3) is 3.13. The zero-order valence-electron chi connectivity index (χ0n) is 12.8. The summed E-state index contributed by atoms with van der Waals surface area (Å²) in [5, 5.41) is 34.4. The Kier molecular flexibility index (Phi) is 4.26. The molecule has 2 N–H and O–H groups in total. The quantitative estimate of drug-likeness (QED) is 0.847. The minimum absolute atomic E-state index is 0.117. The molecule has 0 saturated carbocycles. The fourth-order valence-corrected chi connectivity index (χ4v) is 2.34. The monoisotopic (exact) mass is 301 g/mol. The molecule has 22 heavy (non-hydrogen) atoms. The van der Waals surface area contributed by atoms with Crippen molar-refractivity contribution in [1.82, 2.24) is 19.7 Å². The Morgan fingerprint density at radius 2 is 2.09 bits per heavy atom. The molecule has 2 aromatic heterocycles. The molecule has 2 atom stereocenters. The van der Waals surface area contributed by atoms with E-state index in [1.54, 1.807) is 32.9 Å². The van der Waals surface area contributed by atoms with Crippen LogP contribution in [-0.4, -0.2) is 35.6 Å². The van der Waals surface area contributed by atoms with Crippen LogP contribution in [0, 0.1) is 17.2 Å². The number of nitrogens with zero attached hydrogens (tertiary/aromatic N) is 5. The second-order valence-corrected chi connectivity index (χ2v) is 5.94. The maximum atomic E-state index is 11.3. The average Bonchev–Trinajstić information content (AvgIpc) is 2.98. The summed E-state index contributed by atoms with van der Waals surface area (Å²) in [4.78, 5) is 7.88. The third-order valence-electron chi connectivity index (χ3n) is 4.02. The van der Waals surface area contributed by atoms with Crippen LogP contribution in [0.1, 0.15) is 32.0 Å². The predicted octanol–water partition coefficient (Wildman–Crippen LogP) is 0.840.